The number of hydrogen-bond donors (Lipinski definition) is 2. The summed E-state index contributed by atoms with van der Waals surface area (Å²) in [6, 6.07) is 19.6. The summed E-state index contributed by atoms with van der Waals surface area (Å²) in [4.78, 5) is 12.4. The standard InChI is InChI=1S/C24H25ClN2O3S/c1-17-9-11-19(12-10-17)7-5-15-26-24(28)20-13-14-21(25)23(16-20)31(29,30)27-22-8-4-3-6-18(22)2/h3-4,6,8-14,16,27H,5,7,15H2,1-2H3,(H,26,28). The summed E-state index contributed by atoms with van der Waals surface area (Å²) in [5.41, 5.74) is 3.91. The van der Waals surface area contributed by atoms with Crippen molar-refractivity contribution in [2.24, 2.45) is 0 Å². The monoisotopic (exact) mass is 456 g/mol. The molecule has 0 saturated heterocycles. The van der Waals surface area contributed by atoms with E-state index in [0.717, 1.165) is 18.4 Å². The first-order valence-electron chi connectivity index (χ1n) is 9.98. The van der Waals surface area contributed by atoms with Gasteiger partial charge in [-0.1, -0.05) is 59.6 Å². The molecule has 0 fully saturated rings. The zero-order chi connectivity index (χ0) is 22.4. The van der Waals surface area contributed by atoms with Crippen molar-refractivity contribution in [1.82, 2.24) is 5.32 Å². The van der Waals surface area contributed by atoms with Crippen LogP contribution >= 0.6 is 11.6 Å². The van der Waals surface area contributed by atoms with E-state index < -0.39 is 10.0 Å². The Labute approximate surface area is 188 Å². The molecule has 2 N–H and O–H groups in total. The van der Waals surface area contributed by atoms with Crippen molar-refractivity contribution in [2.75, 3.05) is 11.3 Å². The lowest BCUT2D eigenvalue weighted by Gasteiger charge is -2.13. The molecule has 0 aromatic heterocycles. The molecule has 5 nitrogen and oxygen atoms in total. The van der Waals surface area contributed by atoms with Gasteiger partial charge in [-0.25, -0.2) is 8.42 Å². The topological polar surface area (TPSA) is 75.3 Å². The third-order valence-corrected chi connectivity index (χ3v) is 6.77. The Morgan fingerprint density at radius 2 is 1.68 bits per heavy atom. The van der Waals surface area contributed by atoms with Crippen molar-refractivity contribution in [2.45, 2.75) is 31.6 Å². The van der Waals surface area contributed by atoms with Gasteiger partial charge >= 0.3 is 0 Å². The number of para-hydroxylation sites is 1. The van der Waals surface area contributed by atoms with Crippen LogP contribution in [-0.2, 0) is 16.4 Å². The minimum Gasteiger partial charge on any atom is -0.352 e. The number of carbonyl (C=O) groups is 1. The fourth-order valence-corrected chi connectivity index (χ4v) is 4.75. The van der Waals surface area contributed by atoms with Gasteiger partial charge in [-0.15, -0.1) is 0 Å². The molecule has 3 aromatic rings. The molecule has 0 saturated carbocycles. The molecule has 0 heterocycles. The summed E-state index contributed by atoms with van der Waals surface area (Å²) in [6.07, 6.45) is 1.63. The fraction of sp³-hybridized carbons (Fsp3) is 0.208. The van der Waals surface area contributed by atoms with Crippen LogP contribution < -0.4 is 10.0 Å². The molecule has 0 atom stereocenters. The zero-order valence-corrected chi connectivity index (χ0v) is 19.1. The minimum absolute atomic E-state index is 0.0528. The summed E-state index contributed by atoms with van der Waals surface area (Å²) < 4.78 is 28.3. The van der Waals surface area contributed by atoms with Gasteiger partial charge in [0.1, 0.15) is 4.90 Å². The Bertz CT molecular complexity index is 1180. The van der Waals surface area contributed by atoms with Crippen molar-refractivity contribution < 1.29 is 13.2 Å². The second-order valence-corrected chi connectivity index (χ2v) is 9.47. The van der Waals surface area contributed by atoms with E-state index in [0.29, 0.717) is 12.2 Å². The van der Waals surface area contributed by atoms with Crippen molar-refractivity contribution in [3.05, 3.63) is 94.0 Å². The largest absolute Gasteiger partial charge is 0.352 e. The van der Waals surface area contributed by atoms with E-state index in [9.17, 15) is 13.2 Å². The number of amides is 1. The number of hydrogen-bond acceptors (Lipinski definition) is 3. The number of rotatable bonds is 8. The molecule has 31 heavy (non-hydrogen) atoms. The maximum atomic E-state index is 12.9. The van der Waals surface area contributed by atoms with E-state index in [2.05, 4.69) is 34.3 Å². The van der Waals surface area contributed by atoms with Gasteiger partial charge < -0.3 is 5.32 Å². The molecule has 1 amide bonds. The van der Waals surface area contributed by atoms with Crippen molar-refractivity contribution in [1.29, 1.82) is 0 Å². The summed E-state index contributed by atoms with van der Waals surface area (Å²) in [6.45, 7) is 4.33. The van der Waals surface area contributed by atoms with Gasteiger partial charge in [0, 0.05) is 12.1 Å². The van der Waals surface area contributed by atoms with Crippen LogP contribution in [0.3, 0.4) is 0 Å². The molecule has 7 heteroatoms. The highest BCUT2D eigenvalue weighted by Gasteiger charge is 2.21. The second kappa shape index (κ2) is 9.98. The highest BCUT2D eigenvalue weighted by atomic mass is 35.5. The van der Waals surface area contributed by atoms with Crippen LogP contribution in [0.1, 0.15) is 33.5 Å². The first-order valence-corrected chi connectivity index (χ1v) is 11.8. The Morgan fingerprint density at radius 3 is 2.39 bits per heavy atom. The van der Waals surface area contributed by atoms with E-state index in [1.165, 1.54) is 29.3 Å². The zero-order valence-electron chi connectivity index (χ0n) is 17.5. The molecule has 0 bridgehead atoms. The number of nitrogens with one attached hydrogen (secondary N) is 2. The lowest BCUT2D eigenvalue weighted by Crippen LogP contribution is -2.25. The Hall–Kier alpha value is -2.83. The van der Waals surface area contributed by atoms with E-state index in [1.54, 1.807) is 25.1 Å². The van der Waals surface area contributed by atoms with Gasteiger partial charge in [0.15, 0.2) is 0 Å². The van der Waals surface area contributed by atoms with Crippen LogP contribution in [0.5, 0.6) is 0 Å². The van der Waals surface area contributed by atoms with Crippen molar-refractivity contribution in [3.8, 4) is 0 Å². The van der Waals surface area contributed by atoms with E-state index >= 15 is 0 Å². The van der Waals surface area contributed by atoms with E-state index in [4.69, 9.17) is 11.6 Å². The summed E-state index contributed by atoms with van der Waals surface area (Å²) in [5, 5.41) is 2.89. The van der Waals surface area contributed by atoms with Gasteiger partial charge in [-0.2, -0.15) is 0 Å². The lowest BCUT2D eigenvalue weighted by molar-refractivity contribution is 0.0953. The smallest absolute Gasteiger partial charge is 0.263 e. The summed E-state index contributed by atoms with van der Waals surface area (Å²) >= 11 is 6.15. The molecule has 3 rings (SSSR count). The molecule has 0 aliphatic heterocycles. The quantitative estimate of drug-likeness (QED) is 0.462. The lowest BCUT2D eigenvalue weighted by atomic mass is 10.1. The van der Waals surface area contributed by atoms with Gasteiger partial charge in [0.05, 0.1) is 10.7 Å². The van der Waals surface area contributed by atoms with E-state index in [1.807, 2.05) is 13.0 Å². The van der Waals surface area contributed by atoms with Crippen LogP contribution in [0.4, 0.5) is 5.69 Å². The average molecular weight is 457 g/mol. The number of sulfonamides is 1. The molecule has 0 aliphatic carbocycles. The minimum atomic E-state index is -3.95. The maximum Gasteiger partial charge on any atom is 0.263 e. The molecule has 3 aromatic carbocycles. The third-order valence-electron chi connectivity index (χ3n) is 4.92. The number of carbonyl (C=O) groups excluding carboxylic acids is 1. The normalized spacial score (nSPS) is 11.2. The molecular weight excluding hydrogens is 432 g/mol. The first-order chi connectivity index (χ1) is 14.8. The van der Waals surface area contributed by atoms with Gasteiger partial charge in [-0.3, -0.25) is 9.52 Å². The predicted octanol–water partition coefficient (Wildman–Crippen LogP) is 5.12. The van der Waals surface area contributed by atoms with Gasteiger partial charge in [0.2, 0.25) is 0 Å². The van der Waals surface area contributed by atoms with Crippen LogP contribution in [0, 0.1) is 13.8 Å². The Balaban J connectivity index is 1.66. The predicted molar refractivity (Wildman–Crippen MR) is 125 cm³/mol. The SMILES string of the molecule is Cc1ccc(CCCNC(=O)c2ccc(Cl)c(S(=O)(=O)Nc3ccccc3C)c2)cc1. The molecule has 0 unspecified atom stereocenters. The Morgan fingerprint density at radius 1 is 0.968 bits per heavy atom. The third kappa shape index (κ3) is 6.09. The molecule has 0 radical (unpaired) electrons. The van der Waals surface area contributed by atoms with Crippen LogP contribution in [-0.4, -0.2) is 20.9 Å². The first kappa shape index (κ1) is 22.8. The number of anilines is 1. The van der Waals surface area contributed by atoms with Crippen LogP contribution in [0.15, 0.2) is 71.6 Å². The second-order valence-electron chi connectivity index (χ2n) is 7.41. The molecule has 0 spiro atoms. The number of benzene rings is 3. The Kier molecular flexibility index (Phi) is 7.36. The molecule has 0 aliphatic rings. The number of halogens is 1. The highest BCUT2D eigenvalue weighted by Crippen LogP contribution is 2.26. The van der Waals surface area contributed by atoms with E-state index in [-0.39, 0.29) is 21.4 Å². The van der Waals surface area contributed by atoms with Crippen LogP contribution in [0.2, 0.25) is 5.02 Å². The summed E-state index contributed by atoms with van der Waals surface area (Å²) in [7, 11) is -3.95. The van der Waals surface area contributed by atoms with Crippen molar-refractivity contribution >= 4 is 33.2 Å². The van der Waals surface area contributed by atoms with Crippen LogP contribution in [0.25, 0.3) is 0 Å². The number of aryl methyl sites for hydroxylation is 3. The average Bonchev–Trinajstić information content (AvgIpc) is 2.74. The fourth-order valence-electron chi connectivity index (χ4n) is 3.09. The highest BCUT2D eigenvalue weighted by molar-refractivity contribution is 7.92. The van der Waals surface area contributed by atoms with Crippen molar-refractivity contribution in [3.63, 3.8) is 0 Å². The maximum absolute atomic E-state index is 12.9. The van der Waals surface area contributed by atoms with Gasteiger partial charge in [0.25, 0.3) is 15.9 Å². The summed E-state index contributed by atoms with van der Waals surface area (Å²) in [5.74, 6) is -0.340. The molecular formula is C24H25ClN2O3S. The molecule has 162 valence electrons. The van der Waals surface area contributed by atoms with Gasteiger partial charge in [-0.05, 0) is 62.1 Å².